The lowest BCUT2D eigenvalue weighted by Gasteiger charge is -2.44. The Bertz CT molecular complexity index is 1390. The lowest BCUT2D eigenvalue weighted by molar-refractivity contribution is -0.133. The van der Waals surface area contributed by atoms with Gasteiger partial charge in [0, 0.05) is 49.2 Å². The fourth-order valence-corrected chi connectivity index (χ4v) is 4.90. The first-order valence-corrected chi connectivity index (χ1v) is 11.9. The van der Waals surface area contributed by atoms with Gasteiger partial charge in [-0.05, 0) is 44.2 Å². The van der Waals surface area contributed by atoms with Crippen molar-refractivity contribution in [3.8, 4) is 17.0 Å². The normalized spacial score (nSPS) is 17.8. The predicted molar refractivity (Wildman–Crippen MR) is 139 cm³/mol. The molecule has 184 valence electrons. The average Bonchev–Trinajstić information content (AvgIpc) is 3.27. The molecule has 1 aliphatic rings. The number of pyridine rings is 2. The van der Waals surface area contributed by atoms with Crippen LogP contribution >= 0.6 is 0 Å². The van der Waals surface area contributed by atoms with Crippen molar-refractivity contribution in [2.45, 2.75) is 32.9 Å². The zero-order valence-electron chi connectivity index (χ0n) is 20.4. The molecule has 9 nitrogen and oxygen atoms in total. The van der Waals surface area contributed by atoms with Gasteiger partial charge in [0.2, 0.25) is 5.91 Å². The molecule has 1 aromatic carbocycles. The van der Waals surface area contributed by atoms with E-state index >= 15 is 0 Å². The fraction of sp³-hybridized carbons (Fsp3) is 0.259. The van der Waals surface area contributed by atoms with Crippen LogP contribution in [0.4, 0.5) is 16.3 Å². The molecular weight excluding hydrogens is 456 g/mol. The van der Waals surface area contributed by atoms with Gasteiger partial charge >= 0.3 is 6.09 Å². The van der Waals surface area contributed by atoms with Crippen LogP contribution in [0.2, 0.25) is 0 Å². The van der Waals surface area contributed by atoms with Crippen molar-refractivity contribution in [1.29, 1.82) is 0 Å². The van der Waals surface area contributed by atoms with E-state index in [4.69, 9.17) is 9.72 Å². The maximum absolute atomic E-state index is 12.3. The van der Waals surface area contributed by atoms with Crippen LogP contribution in [-0.2, 0) is 4.79 Å². The molecule has 0 aliphatic carbocycles. The highest BCUT2D eigenvalue weighted by Gasteiger charge is 2.31. The summed E-state index contributed by atoms with van der Waals surface area (Å²) >= 11 is 0. The number of ether oxygens (including phenoxy) is 1. The highest BCUT2D eigenvalue weighted by molar-refractivity contribution is 5.96. The average molecular weight is 485 g/mol. The number of hydrogen-bond acceptors (Lipinski definition) is 6. The van der Waals surface area contributed by atoms with Crippen molar-refractivity contribution >= 4 is 34.5 Å². The van der Waals surface area contributed by atoms with E-state index in [0.29, 0.717) is 30.2 Å². The maximum atomic E-state index is 12.3. The molecule has 36 heavy (non-hydrogen) atoms. The lowest BCUT2D eigenvalue weighted by Crippen LogP contribution is -2.58. The number of aromatic nitrogens is 3. The third-order valence-electron chi connectivity index (χ3n) is 6.35. The van der Waals surface area contributed by atoms with Gasteiger partial charge in [0.15, 0.2) is 0 Å². The summed E-state index contributed by atoms with van der Waals surface area (Å²) in [4.78, 5) is 41.1. The molecule has 0 radical (unpaired) electrons. The highest BCUT2D eigenvalue weighted by atomic mass is 16.6. The third kappa shape index (κ3) is 4.72. The van der Waals surface area contributed by atoms with E-state index in [1.807, 2.05) is 41.4 Å². The molecule has 1 aliphatic heterocycles. The second-order valence-electron chi connectivity index (χ2n) is 9.06. The Morgan fingerprint density at radius 1 is 1.06 bits per heavy atom. The van der Waals surface area contributed by atoms with Gasteiger partial charge in [-0.2, -0.15) is 0 Å². The summed E-state index contributed by atoms with van der Waals surface area (Å²) in [7, 11) is 0. The fourth-order valence-electron chi connectivity index (χ4n) is 4.90. The van der Waals surface area contributed by atoms with Gasteiger partial charge in [-0.15, -0.1) is 0 Å². The van der Waals surface area contributed by atoms with E-state index in [0.717, 1.165) is 22.5 Å². The molecule has 0 bridgehead atoms. The van der Waals surface area contributed by atoms with Crippen molar-refractivity contribution in [2.24, 2.45) is 0 Å². The largest absolute Gasteiger partial charge is 0.417 e. The van der Waals surface area contributed by atoms with Crippen molar-refractivity contribution in [3.05, 3.63) is 67.0 Å². The molecule has 2 amide bonds. The minimum absolute atomic E-state index is 0.0956. The first-order valence-electron chi connectivity index (χ1n) is 11.9. The molecule has 0 unspecified atom stereocenters. The third-order valence-corrected chi connectivity index (χ3v) is 6.35. The number of anilines is 2. The van der Waals surface area contributed by atoms with E-state index in [-0.39, 0.29) is 18.0 Å². The van der Waals surface area contributed by atoms with E-state index in [1.165, 1.54) is 0 Å². The van der Waals surface area contributed by atoms with Gasteiger partial charge in [-0.25, -0.2) is 14.8 Å². The number of fused-ring (bicyclic) bond motifs is 1. The standard InChI is InChI=1S/C27H28N6O3/c1-17-15-32(16-18(2)33(17)19(3)34)25-11-7-10-24(31-25)23-14-29-26-22(23)12-20(13-28-26)30-27(35)36-21-8-5-4-6-9-21/h4-14,17-18H,15-16H2,1-3H3,(H,28,29)(H,30,35)/t17-,18+. The Labute approximate surface area is 209 Å². The summed E-state index contributed by atoms with van der Waals surface area (Å²) in [6.07, 6.45) is 2.86. The van der Waals surface area contributed by atoms with Crippen LogP contribution < -0.4 is 15.0 Å². The summed E-state index contributed by atoms with van der Waals surface area (Å²) in [5.74, 6) is 1.41. The molecule has 9 heteroatoms. The van der Waals surface area contributed by atoms with Crippen molar-refractivity contribution in [3.63, 3.8) is 0 Å². The Balaban J connectivity index is 1.38. The molecule has 4 heterocycles. The van der Waals surface area contributed by atoms with E-state index in [2.05, 4.69) is 34.0 Å². The topological polar surface area (TPSA) is 103 Å². The first-order chi connectivity index (χ1) is 17.4. The molecule has 1 saturated heterocycles. The summed E-state index contributed by atoms with van der Waals surface area (Å²) in [6, 6.07) is 16.9. The first kappa shape index (κ1) is 23.3. The van der Waals surface area contributed by atoms with E-state index < -0.39 is 6.09 Å². The molecule has 5 rings (SSSR count). The predicted octanol–water partition coefficient (Wildman–Crippen LogP) is 4.68. The van der Waals surface area contributed by atoms with E-state index in [1.54, 1.807) is 37.4 Å². The van der Waals surface area contributed by atoms with Gasteiger partial charge in [-0.3, -0.25) is 10.1 Å². The lowest BCUT2D eigenvalue weighted by atomic mass is 10.1. The molecule has 1 fully saturated rings. The van der Waals surface area contributed by atoms with Crippen LogP contribution in [0.25, 0.3) is 22.3 Å². The second-order valence-corrected chi connectivity index (χ2v) is 9.06. The maximum Gasteiger partial charge on any atom is 0.417 e. The molecule has 0 saturated carbocycles. The van der Waals surface area contributed by atoms with Gasteiger partial charge in [0.05, 0.1) is 17.6 Å². The Hall–Kier alpha value is -4.40. The van der Waals surface area contributed by atoms with Gasteiger partial charge in [0.25, 0.3) is 0 Å². The van der Waals surface area contributed by atoms with Crippen LogP contribution in [0.15, 0.2) is 67.0 Å². The minimum atomic E-state index is -0.590. The monoisotopic (exact) mass is 484 g/mol. The highest BCUT2D eigenvalue weighted by Crippen LogP contribution is 2.30. The minimum Gasteiger partial charge on any atom is -0.410 e. The smallest absolute Gasteiger partial charge is 0.410 e. The van der Waals surface area contributed by atoms with Crippen LogP contribution in [0.1, 0.15) is 20.8 Å². The summed E-state index contributed by atoms with van der Waals surface area (Å²) < 4.78 is 5.32. The number of para-hydroxylation sites is 1. The molecule has 3 aromatic heterocycles. The molecule has 0 spiro atoms. The number of aromatic amines is 1. The van der Waals surface area contributed by atoms with Crippen LogP contribution in [0.3, 0.4) is 0 Å². The number of nitrogens with one attached hydrogen (secondary N) is 2. The number of amides is 2. The van der Waals surface area contributed by atoms with Gasteiger partial charge in [-0.1, -0.05) is 24.3 Å². The Kier molecular flexibility index (Phi) is 6.28. The van der Waals surface area contributed by atoms with Crippen molar-refractivity contribution in [1.82, 2.24) is 19.9 Å². The molecule has 4 aromatic rings. The number of carbonyl (C=O) groups is 2. The van der Waals surface area contributed by atoms with Crippen LogP contribution in [0, 0.1) is 0 Å². The number of benzene rings is 1. The zero-order chi connectivity index (χ0) is 25.2. The number of rotatable bonds is 4. The summed E-state index contributed by atoms with van der Waals surface area (Å²) in [6.45, 7) is 7.19. The van der Waals surface area contributed by atoms with Crippen molar-refractivity contribution < 1.29 is 14.3 Å². The number of hydrogen-bond donors (Lipinski definition) is 2. The SMILES string of the molecule is CC(=O)N1[C@H](C)CN(c2cccc(-c3c[nH]c4ncc(NC(=O)Oc5ccccc5)cc34)n2)C[C@@H]1C. The number of nitrogens with zero attached hydrogens (tertiary/aromatic N) is 4. The van der Waals surface area contributed by atoms with Crippen LogP contribution in [-0.4, -0.2) is 57.0 Å². The van der Waals surface area contributed by atoms with Crippen LogP contribution in [0.5, 0.6) is 5.75 Å². The second kappa shape index (κ2) is 9.69. The number of piperazine rings is 1. The summed E-state index contributed by atoms with van der Waals surface area (Å²) in [5, 5.41) is 3.57. The Morgan fingerprint density at radius 2 is 1.81 bits per heavy atom. The number of H-pyrrole nitrogens is 1. The van der Waals surface area contributed by atoms with E-state index in [9.17, 15) is 9.59 Å². The zero-order valence-corrected chi connectivity index (χ0v) is 20.4. The molecule has 2 N–H and O–H groups in total. The molecule has 2 atom stereocenters. The summed E-state index contributed by atoms with van der Waals surface area (Å²) in [5.41, 5.74) is 2.88. The quantitative estimate of drug-likeness (QED) is 0.436. The van der Waals surface area contributed by atoms with Gasteiger partial charge in [0.1, 0.15) is 17.2 Å². The van der Waals surface area contributed by atoms with Gasteiger partial charge < -0.3 is 19.5 Å². The van der Waals surface area contributed by atoms with Crippen molar-refractivity contribution in [2.75, 3.05) is 23.3 Å². The molecular formula is C27H28N6O3. The number of carbonyl (C=O) groups excluding carboxylic acids is 2. The Morgan fingerprint density at radius 3 is 2.53 bits per heavy atom.